The number of pyridine rings is 1. The van der Waals surface area contributed by atoms with E-state index in [2.05, 4.69) is 43.0 Å². The van der Waals surface area contributed by atoms with E-state index in [0.717, 1.165) is 43.4 Å². The predicted molar refractivity (Wildman–Crippen MR) is 95.9 cm³/mol. The van der Waals surface area contributed by atoms with E-state index in [1.807, 2.05) is 29.7 Å². The molecule has 25 heavy (non-hydrogen) atoms. The van der Waals surface area contributed by atoms with Crippen LogP contribution < -0.4 is 0 Å². The minimum atomic E-state index is 0.478. The van der Waals surface area contributed by atoms with Gasteiger partial charge in [0.15, 0.2) is 5.82 Å². The van der Waals surface area contributed by atoms with Crippen LogP contribution in [0.3, 0.4) is 0 Å². The fraction of sp³-hybridized carbons (Fsp3) is 0.389. The van der Waals surface area contributed by atoms with E-state index in [-0.39, 0.29) is 0 Å². The van der Waals surface area contributed by atoms with Gasteiger partial charge in [-0.3, -0.25) is 9.88 Å². The molecule has 0 bridgehead atoms. The van der Waals surface area contributed by atoms with Crippen LogP contribution in [0.4, 0.5) is 0 Å². The molecule has 1 aliphatic rings. The van der Waals surface area contributed by atoms with Crippen LogP contribution in [0.25, 0.3) is 0 Å². The molecular formula is C18H21N5OS. The molecular weight excluding hydrogens is 334 g/mol. The summed E-state index contributed by atoms with van der Waals surface area (Å²) in [5, 5.41) is 10.9. The maximum Gasteiger partial charge on any atom is 0.159 e. The summed E-state index contributed by atoms with van der Waals surface area (Å²) in [4.78, 5) is 7.97. The molecule has 0 atom stereocenters. The Kier molecular flexibility index (Phi) is 4.87. The Morgan fingerprint density at radius 1 is 1.20 bits per heavy atom. The summed E-state index contributed by atoms with van der Waals surface area (Å²) in [7, 11) is 0. The summed E-state index contributed by atoms with van der Waals surface area (Å²) in [5.41, 5.74) is 2.44. The lowest BCUT2D eigenvalue weighted by molar-refractivity contribution is 0.0966. The van der Waals surface area contributed by atoms with Gasteiger partial charge in [-0.15, -0.1) is 21.5 Å². The highest BCUT2D eigenvalue weighted by Gasteiger charge is 2.21. The third-order valence-corrected chi connectivity index (χ3v) is 5.47. The summed E-state index contributed by atoms with van der Waals surface area (Å²) in [6, 6.07) is 6.11. The van der Waals surface area contributed by atoms with Crippen molar-refractivity contribution in [1.82, 2.24) is 24.6 Å². The second-order valence-electron chi connectivity index (χ2n) is 6.28. The van der Waals surface area contributed by atoms with Gasteiger partial charge in [-0.2, -0.15) is 0 Å². The zero-order chi connectivity index (χ0) is 17.1. The van der Waals surface area contributed by atoms with Crippen LogP contribution in [-0.4, -0.2) is 31.2 Å². The van der Waals surface area contributed by atoms with Crippen molar-refractivity contribution < 1.29 is 4.74 Å². The molecule has 0 aromatic carbocycles. The Balaban J connectivity index is 1.34. The summed E-state index contributed by atoms with van der Waals surface area (Å²) in [6.07, 6.45) is 3.59. The number of aryl methyl sites for hydroxylation is 1. The van der Waals surface area contributed by atoms with Crippen LogP contribution in [0.2, 0.25) is 0 Å². The summed E-state index contributed by atoms with van der Waals surface area (Å²) < 4.78 is 7.98. The fourth-order valence-electron chi connectivity index (χ4n) is 3.02. The lowest BCUT2D eigenvalue weighted by atomic mass is 10.2. The molecule has 0 spiro atoms. The van der Waals surface area contributed by atoms with E-state index in [0.29, 0.717) is 13.2 Å². The smallest absolute Gasteiger partial charge is 0.159 e. The molecule has 0 saturated carbocycles. The highest BCUT2D eigenvalue weighted by Crippen LogP contribution is 2.21. The lowest BCUT2D eigenvalue weighted by Crippen LogP contribution is -2.34. The number of aromatic nitrogens is 4. The average molecular weight is 355 g/mol. The first kappa shape index (κ1) is 16.4. The van der Waals surface area contributed by atoms with E-state index in [1.165, 1.54) is 10.4 Å². The van der Waals surface area contributed by atoms with Gasteiger partial charge in [-0.25, -0.2) is 0 Å². The van der Waals surface area contributed by atoms with Gasteiger partial charge >= 0.3 is 0 Å². The van der Waals surface area contributed by atoms with Gasteiger partial charge in [0.1, 0.15) is 12.4 Å². The Morgan fingerprint density at radius 2 is 2.16 bits per heavy atom. The maximum absolute atomic E-state index is 5.78. The van der Waals surface area contributed by atoms with E-state index < -0.39 is 0 Å². The Labute approximate surface area is 151 Å². The molecule has 0 radical (unpaired) electrons. The number of fused-ring (bicyclic) bond motifs is 1. The monoisotopic (exact) mass is 355 g/mol. The van der Waals surface area contributed by atoms with Crippen molar-refractivity contribution in [2.24, 2.45) is 0 Å². The summed E-state index contributed by atoms with van der Waals surface area (Å²) in [6.45, 7) is 6.95. The minimum absolute atomic E-state index is 0.478. The molecule has 6 nitrogen and oxygen atoms in total. The van der Waals surface area contributed by atoms with Crippen molar-refractivity contribution in [2.45, 2.75) is 39.8 Å². The minimum Gasteiger partial charge on any atom is -0.369 e. The standard InChI is InChI=1S/C18H21N5OS/c1-14-4-8-25-16(14)10-22-6-7-23-17(11-22)20-21-18(23)13-24-12-15-3-2-5-19-9-15/h2-5,8-9H,6-7,10-13H2,1H3. The third kappa shape index (κ3) is 3.78. The van der Waals surface area contributed by atoms with Crippen LogP contribution in [0, 0.1) is 6.92 Å². The molecule has 0 N–H and O–H groups in total. The van der Waals surface area contributed by atoms with Crippen LogP contribution in [0.15, 0.2) is 36.0 Å². The largest absolute Gasteiger partial charge is 0.369 e. The van der Waals surface area contributed by atoms with Crippen molar-refractivity contribution in [2.75, 3.05) is 6.54 Å². The first-order valence-corrected chi connectivity index (χ1v) is 9.30. The molecule has 4 rings (SSSR count). The van der Waals surface area contributed by atoms with E-state index in [1.54, 1.807) is 6.20 Å². The molecule has 0 saturated heterocycles. The number of rotatable bonds is 6. The number of ether oxygens (including phenoxy) is 1. The second kappa shape index (κ2) is 7.43. The van der Waals surface area contributed by atoms with Gasteiger partial charge in [0.2, 0.25) is 0 Å². The third-order valence-electron chi connectivity index (χ3n) is 4.47. The maximum atomic E-state index is 5.78. The quantitative estimate of drug-likeness (QED) is 0.680. The van der Waals surface area contributed by atoms with Crippen molar-refractivity contribution >= 4 is 11.3 Å². The highest BCUT2D eigenvalue weighted by molar-refractivity contribution is 7.10. The number of nitrogens with zero attached hydrogens (tertiary/aromatic N) is 5. The zero-order valence-electron chi connectivity index (χ0n) is 14.3. The molecule has 4 heterocycles. The number of thiophene rings is 1. The normalized spacial score (nSPS) is 14.6. The van der Waals surface area contributed by atoms with Gasteiger partial charge < -0.3 is 9.30 Å². The molecule has 3 aromatic rings. The van der Waals surface area contributed by atoms with Crippen molar-refractivity contribution in [3.8, 4) is 0 Å². The van der Waals surface area contributed by atoms with Crippen molar-refractivity contribution in [3.05, 3.63) is 63.6 Å². The first-order valence-electron chi connectivity index (χ1n) is 8.42. The van der Waals surface area contributed by atoms with Gasteiger partial charge in [-0.1, -0.05) is 6.07 Å². The van der Waals surface area contributed by atoms with E-state index in [9.17, 15) is 0 Å². The lowest BCUT2D eigenvalue weighted by Gasteiger charge is -2.27. The SMILES string of the molecule is Cc1ccsc1CN1CCn2c(COCc3cccnc3)nnc2C1. The van der Waals surface area contributed by atoms with E-state index >= 15 is 0 Å². The molecule has 0 aliphatic carbocycles. The van der Waals surface area contributed by atoms with Crippen molar-refractivity contribution in [1.29, 1.82) is 0 Å². The topological polar surface area (TPSA) is 56.1 Å². The molecule has 7 heteroatoms. The zero-order valence-corrected chi connectivity index (χ0v) is 15.1. The Hall–Kier alpha value is -2.09. The van der Waals surface area contributed by atoms with E-state index in [4.69, 9.17) is 4.74 Å². The molecule has 0 fully saturated rings. The molecule has 1 aliphatic heterocycles. The van der Waals surface area contributed by atoms with Crippen molar-refractivity contribution in [3.63, 3.8) is 0 Å². The van der Waals surface area contributed by atoms with Gasteiger partial charge in [0.25, 0.3) is 0 Å². The molecule has 0 unspecified atom stereocenters. The fourth-order valence-corrected chi connectivity index (χ4v) is 3.97. The van der Waals surface area contributed by atoms with Gasteiger partial charge in [-0.05, 0) is 35.6 Å². The van der Waals surface area contributed by atoms with Gasteiger partial charge in [0.05, 0.1) is 13.2 Å². The second-order valence-corrected chi connectivity index (χ2v) is 7.28. The average Bonchev–Trinajstić information content (AvgIpc) is 3.22. The van der Waals surface area contributed by atoms with Crippen LogP contribution >= 0.6 is 11.3 Å². The molecule has 130 valence electrons. The number of hydrogen-bond donors (Lipinski definition) is 0. The van der Waals surface area contributed by atoms with Gasteiger partial charge in [0, 0.05) is 36.9 Å². The molecule has 0 amide bonds. The predicted octanol–water partition coefficient (Wildman–Crippen LogP) is 2.78. The summed E-state index contributed by atoms with van der Waals surface area (Å²) >= 11 is 1.83. The Bertz CT molecular complexity index is 829. The highest BCUT2D eigenvalue weighted by atomic mass is 32.1. The first-order chi connectivity index (χ1) is 12.3. The Morgan fingerprint density at radius 3 is 2.96 bits per heavy atom. The summed E-state index contributed by atoms with van der Waals surface area (Å²) in [5.74, 6) is 1.94. The van der Waals surface area contributed by atoms with Crippen LogP contribution in [-0.2, 0) is 37.6 Å². The van der Waals surface area contributed by atoms with Crippen LogP contribution in [0.1, 0.15) is 27.7 Å². The van der Waals surface area contributed by atoms with Crippen LogP contribution in [0.5, 0.6) is 0 Å². The number of hydrogen-bond acceptors (Lipinski definition) is 6. The molecule has 3 aromatic heterocycles.